The van der Waals surface area contributed by atoms with Crippen LogP contribution in [0.4, 0.5) is 0 Å². The highest BCUT2D eigenvalue weighted by Gasteiger charge is 2.41. The molecule has 0 saturated carbocycles. The molecule has 0 amide bonds. The minimum absolute atomic E-state index is 0.0676. The molecule has 0 aliphatic heterocycles. The van der Waals surface area contributed by atoms with E-state index in [4.69, 9.17) is 15.0 Å². The maximum absolute atomic E-state index is 5.26. The molecule has 10 aromatic rings. The van der Waals surface area contributed by atoms with Crippen LogP contribution in [0.25, 0.3) is 88.5 Å². The van der Waals surface area contributed by atoms with Gasteiger partial charge >= 0.3 is 0 Å². The summed E-state index contributed by atoms with van der Waals surface area (Å²) in [5, 5.41) is 7.24. The molecular weight excluding hydrogens is 743 g/mol. The van der Waals surface area contributed by atoms with Gasteiger partial charge in [0.1, 0.15) is 5.82 Å². The minimum Gasteiger partial charge on any atom is -0.309 e. The van der Waals surface area contributed by atoms with Gasteiger partial charge in [0.2, 0.25) is 5.95 Å². The normalized spacial score (nSPS) is 16.7. The molecule has 294 valence electrons. The first kappa shape index (κ1) is 35.8. The van der Waals surface area contributed by atoms with Crippen molar-refractivity contribution in [3.05, 3.63) is 187 Å². The fourth-order valence-corrected chi connectivity index (χ4v) is 10.9. The summed E-state index contributed by atoms with van der Waals surface area (Å²) >= 11 is 0. The van der Waals surface area contributed by atoms with Gasteiger partial charge in [-0.2, -0.15) is 9.97 Å². The van der Waals surface area contributed by atoms with Gasteiger partial charge in [-0.3, -0.25) is 4.57 Å². The topological polar surface area (TPSA) is 48.5 Å². The first-order valence-corrected chi connectivity index (χ1v) is 21.5. The van der Waals surface area contributed by atoms with E-state index in [1.165, 1.54) is 60.1 Å². The Hall–Kier alpha value is -7.11. The average molecular weight is 788 g/mol. The van der Waals surface area contributed by atoms with Crippen molar-refractivity contribution in [2.45, 2.75) is 57.3 Å². The number of hydrogen-bond donors (Lipinski definition) is 0. The van der Waals surface area contributed by atoms with Crippen LogP contribution in [0, 0.1) is 0 Å². The number of aromatic nitrogens is 5. The molecule has 1 atom stereocenters. The fraction of sp³-hybridized carbons (Fsp3) is 0.161. The summed E-state index contributed by atoms with van der Waals surface area (Å²) in [6.45, 7) is 9.56. The lowest BCUT2D eigenvalue weighted by Crippen LogP contribution is -2.17. The Morgan fingerprint density at radius 3 is 1.92 bits per heavy atom. The summed E-state index contributed by atoms with van der Waals surface area (Å²) in [5.41, 5.74) is 12.4. The maximum atomic E-state index is 5.26. The Bertz CT molecular complexity index is 3490. The second kappa shape index (κ2) is 13.2. The van der Waals surface area contributed by atoms with Crippen LogP contribution >= 0.6 is 0 Å². The van der Waals surface area contributed by atoms with Gasteiger partial charge in [0.05, 0.1) is 22.1 Å². The zero-order valence-corrected chi connectivity index (χ0v) is 34.9. The molecule has 0 bridgehead atoms. The van der Waals surface area contributed by atoms with E-state index in [1.54, 1.807) is 0 Å². The fourth-order valence-electron chi connectivity index (χ4n) is 10.9. The van der Waals surface area contributed by atoms with Crippen LogP contribution in [0.3, 0.4) is 0 Å². The van der Waals surface area contributed by atoms with Crippen molar-refractivity contribution in [3.8, 4) is 34.2 Å². The first-order chi connectivity index (χ1) is 29.7. The van der Waals surface area contributed by atoms with E-state index in [2.05, 4.69) is 189 Å². The third-order valence-electron chi connectivity index (χ3n) is 13.4. The van der Waals surface area contributed by atoms with E-state index < -0.39 is 0 Å². The predicted octanol–water partition coefficient (Wildman–Crippen LogP) is 14.1. The molecule has 2 aliphatic carbocycles. The lowest BCUT2D eigenvalue weighted by atomic mass is 9.82. The number of rotatable bonds is 5. The van der Waals surface area contributed by atoms with Gasteiger partial charge in [0, 0.05) is 38.7 Å². The molecule has 0 radical (unpaired) electrons. The minimum atomic E-state index is 0.0676. The molecule has 61 heavy (non-hydrogen) atoms. The molecule has 1 unspecified atom stereocenters. The van der Waals surface area contributed by atoms with Crippen LogP contribution in [0.1, 0.15) is 63.4 Å². The summed E-state index contributed by atoms with van der Waals surface area (Å²) in [4.78, 5) is 15.5. The van der Waals surface area contributed by atoms with Crippen LogP contribution < -0.4 is 0 Å². The second-order valence-corrected chi connectivity index (χ2v) is 18.3. The van der Waals surface area contributed by atoms with Crippen molar-refractivity contribution in [1.82, 2.24) is 24.1 Å². The van der Waals surface area contributed by atoms with E-state index in [9.17, 15) is 0 Å². The average Bonchev–Trinajstić information content (AvgIpc) is 3.88. The monoisotopic (exact) mass is 787 g/mol. The highest BCUT2D eigenvalue weighted by Crippen LogP contribution is 2.50. The van der Waals surface area contributed by atoms with Crippen molar-refractivity contribution < 1.29 is 0 Å². The number of fused-ring (bicyclic) bond motifs is 9. The molecule has 3 aromatic heterocycles. The Balaban J connectivity index is 1.06. The van der Waals surface area contributed by atoms with Crippen LogP contribution in [-0.4, -0.2) is 24.1 Å². The molecule has 0 spiro atoms. The van der Waals surface area contributed by atoms with E-state index >= 15 is 0 Å². The highest BCUT2D eigenvalue weighted by molar-refractivity contribution is 6.28. The SMILES string of the molecule is CC1(C)CC(C)(C)c2cc(-c3ccc4ccc(-n5c6ccccc6c6c7c8ccccc8n(-c8nc(-c9ccccc9)nc(C9C=CC=CC9)n8)c7ccc65)cc4c3)ccc21. The zero-order valence-electron chi connectivity index (χ0n) is 34.9. The van der Waals surface area contributed by atoms with Gasteiger partial charge in [-0.1, -0.05) is 155 Å². The molecule has 0 fully saturated rings. The van der Waals surface area contributed by atoms with Gasteiger partial charge < -0.3 is 4.57 Å². The Morgan fingerprint density at radius 2 is 1.16 bits per heavy atom. The van der Waals surface area contributed by atoms with Gasteiger partial charge in [0.15, 0.2) is 5.82 Å². The molecular formula is C56H45N5. The quantitative estimate of drug-likeness (QED) is 0.175. The predicted molar refractivity (Wildman–Crippen MR) is 253 cm³/mol. The smallest absolute Gasteiger partial charge is 0.238 e. The second-order valence-electron chi connectivity index (χ2n) is 18.3. The number of para-hydroxylation sites is 2. The molecule has 5 heteroatoms. The standard InChI is InChI=1S/C56H45N5/c1-55(2)34-56(3,4)45-33-39(26-28-44(45)55)38-24-23-35-25-27-41(32-40(35)31-38)60-46-21-13-11-19-42(46)50-48(60)29-30-49-51(50)43-20-12-14-22-47(43)61(49)54-58-52(36-15-7-5-8-16-36)57-53(59-54)37-17-9-6-10-18-37/h5-17,19-33,37H,18,34H2,1-4H3. The lowest BCUT2D eigenvalue weighted by Gasteiger charge is -2.22. The van der Waals surface area contributed by atoms with Crippen molar-refractivity contribution in [2.24, 2.45) is 0 Å². The Morgan fingerprint density at radius 1 is 0.508 bits per heavy atom. The number of hydrogen-bond acceptors (Lipinski definition) is 3. The summed E-state index contributed by atoms with van der Waals surface area (Å²) in [6.07, 6.45) is 10.6. The number of benzene rings is 7. The van der Waals surface area contributed by atoms with Gasteiger partial charge in [-0.15, -0.1) is 0 Å². The number of nitrogens with zero attached hydrogens (tertiary/aromatic N) is 5. The van der Waals surface area contributed by atoms with Crippen molar-refractivity contribution in [3.63, 3.8) is 0 Å². The molecule has 0 saturated heterocycles. The van der Waals surface area contributed by atoms with Crippen LogP contribution in [0.2, 0.25) is 0 Å². The maximum Gasteiger partial charge on any atom is 0.238 e. The molecule has 2 aliphatic rings. The van der Waals surface area contributed by atoms with E-state index in [0.717, 1.165) is 46.5 Å². The summed E-state index contributed by atoms with van der Waals surface area (Å²) in [5.74, 6) is 2.15. The zero-order chi connectivity index (χ0) is 41.0. The van der Waals surface area contributed by atoms with E-state index in [-0.39, 0.29) is 16.7 Å². The van der Waals surface area contributed by atoms with Crippen LogP contribution in [-0.2, 0) is 10.8 Å². The third kappa shape index (κ3) is 5.56. The molecule has 12 rings (SSSR count). The first-order valence-electron chi connectivity index (χ1n) is 21.5. The summed E-state index contributed by atoms with van der Waals surface area (Å²) in [7, 11) is 0. The number of allylic oxidation sites excluding steroid dienone is 4. The van der Waals surface area contributed by atoms with Gasteiger partial charge in [0.25, 0.3) is 0 Å². The highest BCUT2D eigenvalue weighted by atomic mass is 15.2. The molecule has 3 heterocycles. The molecule has 0 N–H and O–H groups in total. The Kier molecular flexibility index (Phi) is 7.74. The largest absolute Gasteiger partial charge is 0.309 e. The van der Waals surface area contributed by atoms with Crippen LogP contribution in [0.15, 0.2) is 170 Å². The van der Waals surface area contributed by atoms with Gasteiger partial charge in [-0.25, -0.2) is 4.98 Å². The molecule has 7 aromatic carbocycles. The van der Waals surface area contributed by atoms with E-state index in [1.807, 2.05) is 18.2 Å². The van der Waals surface area contributed by atoms with E-state index in [0.29, 0.717) is 11.8 Å². The summed E-state index contributed by atoms with van der Waals surface area (Å²) in [6, 6.07) is 53.3. The van der Waals surface area contributed by atoms with Crippen LogP contribution in [0.5, 0.6) is 0 Å². The van der Waals surface area contributed by atoms with Crippen molar-refractivity contribution >= 4 is 54.4 Å². The van der Waals surface area contributed by atoms with Crippen molar-refractivity contribution in [1.29, 1.82) is 0 Å². The van der Waals surface area contributed by atoms with Gasteiger partial charge in [-0.05, 0) is 99.2 Å². The van der Waals surface area contributed by atoms with Crippen molar-refractivity contribution in [2.75, 3.05) is 0 Å². The summed E-state index contributed by atoms with van der Waals surface area (Å²) < 4.78 is 4.69. The lowest BCUT2D eigenvalue weighted by molar-refractivity contribution is 0.403. The third-order valence-corrected chi connectivity index (χ3v) is 13.4. The molecule has 5 nitrogen and oxygen atoms in total. The Labute approximate surface area is 355 Å².